The molecule has 1 fully saturated rings. The highest BCUT2D eigenvalue weighted by Gasteiger charge is 2.34. The van der Waals surface area contributed by atoms with Gasteiger partial charge in [0, 0.05) is 12.2 Å². The normalized spacial score (nSPS) is 20.1. The molecule has 108 valence electrons. The van der Waals surface area contributed by atoms with Crippen molar-refractivity contribution in [3.05, 3.63) is 29.0 Å². The average molecular weight is 301 g/mol. The molecule has 0 saturated carbocycles. The lowest BCUT2D eigenvalue weighted by Crippen LogP contribution is -2.44. The minimum atomic E-state index is -1.17. The lowest BCUT2D eigenvalue weighted by molar-refractivity contribution is -0.131. The van der Waals surface area contributed by atoms with E-state index < -0.39 is 23.9 Å². The Morgan fingerprint density at radius 3 is 2.90 bits per heavy atom. The zero-order chi connectivity index (χ0) is 14.9. The summed E-state index contributed by atoms with van der Waals surface area (Å²) < 4.78 is 13.1. The van der Waals surface area contributed by atoms with E-state index in [9.17, 15) is 14.0 Å². The highest BCUT2D eigenvalue weighted by atomic mass is 35.5. The minimum absolute atomic E-state index is 0.0632. The summed E-state index contributed by atoms with van der Waals surface area (Å²) in [6.45, 7) is 1.72. The molecule has 1 saturated heterocycles. The zero-order valence-electron chi connectivity index (χ0n) is 10.8. The van der Waals surface area contributed by atoms with Crippen molar-refractivity contribution in [2.75, 3.05) is 11.4 Å². The topological polar surface area (TPSA) is 69.6 Å². The second-order valence-corrected chi connectivity index (χ2v) is 5.02. The Hall–Kier alpha value is -1.66. The Kier molecular flexibility index (Phi) is 4.25. The van der Waals surface area contributed by atoms with E-state index in [-0.39, 0.29) is 10.9 Å². The summed E-state index contributed by atoms with van der Waals surface area (Å²) in [5.41, 5.74) is 0.482. The second kappa shape index (κ2) is 5.76. The van der Waals surface area contributed by atoms with Crippen molar-refractivity contribution in [1.29, 1.82) is 0 Å². The molecule has 2 rings (SSSR count). The number of nitrogens with one attached hydrogen (secondary N) is 1. The van der Waals surface area contributed by atoms with Gasteiger partial charge in [0.25, 0.3) is 0 Å². The van der Waals surface area contributed by atoms with Crippen LogP contribution in [0.3, 0.4) is 0 Å². The third kappa shape index (κ3) is 2.91. The number of aliphatic hydroxyl groups is 1. The predicted octanol–water partition coefficient (Wildman–Crippen LogP) is 1.08. The lowest BCUT2D eigenvalue weighted by atomic mass is 10.2. The first-order valence-corrected chi connectivity index (χ1v) is 6.53. The molecule has 0 aliphatic carbocycles. The Morgan fingerprint density at radius 2 is 2.30 bits per heavy atom. The van der Waals surface area contributed by atoms with Crippen LogP contribution in [0.15, 0.2) is 18.2 Å². The summed E-state index contributed by atoms with van der Waals surface area (Å²) >= 11 is 5.69. The molecule has 1 aliphatic rings. The van der Waals surface area contributed by atoms with Gasteiger partial charge in [-0.1, -0.05) is 11.6 Å². The van der Waals surface area contributed by atoms with E-state index in [4.69, 9.17) is 16.7 Å². The standard InChI is InChI=1S/C13H14ClFN2O3/c1-7(18)12(19)16-11-4-5-17(13(11)20)8-2-3-10(15)9(14)6-8/h2-3,6-7,11,18H,4-5H2,1H3,(H,16,19). The first kappa shape index (κ1) is 14.7. The fourth-order valence-corrected chi connectivity index (χ4v) is 2.19. The molecular weight excluding hydrogens is 287 g/mol. The van der Waals surface area contributed by atoms with Crippen molar-refractivity contribution in [2.45, 2.75) is 25.5 Å². The van der Waals surface area contributed by atoms with Crippen LogP contribution in [-0.4, -0.2) is 35.6 Å². The maximum absolute atomic E-state index is 13.1. The number of hydrogen-bond acceptors (Lipinski definition) is 3. The van der Waals surface area contributed by atoms with Crippen molar-refractivity contribution in [1.82, 2.24) is 5.32 Å². The number of carbonyl (C=O) groups excluding carboxylic acids is 2. The molecular formula is C13H14ClFN2O3. The molecule has 0 bridgehead atoms. The summed E-state index contributed by atoms with van der Waals surface area (Å²) in [6, 6.07) is 3.33. The number of aliphatic hydroxyl groups excluding tert-OH is 1. The van der Waals surface area contributed by atoms with Gasteiger partial charge in [-0.25, -0.2) is 4.39 Å². The summed E-state index contributed by atoms with van der Waals surface area (Å²) in [5.74, 6) is -1.45. The summed E-state index contributed by atoms with van der Waals surface area (Å²) in [6.07, 6.45) is -0.746. The molecule has 2 amide bonds. The number of amides is 2. The van der Waals surface area contributed by atoms with Gasteiger partial charge in [0.05, 0.1) is 5.02 Å². The highest BCUT2D eigenvalue weighted by Crippen LogP contribution is 2.26. The summed E-state index contributed by atoms with van der Waals surface area (Å²) in [5, 5.41) is 11.5. The van der Waals surface area contributed by atoms with Crippen LogP contribution in [0.2, 0.25) is 5.02 Å². The Balaban J connectivity index is 2.11. The van der Waals surface area contributed by atoms with Gasteiger partial charge in [0.15, 0.2) is 0 Å². The Bertz CT molecular complexity index is 550. The van der Waals surface area contributed by atoms with Crippen molar-refractivity contribution in [3.63, 3.8) is 0 Å². The smallest absolute Gasteiger partial charge is 0.249 e. The summed E-state index contributed by atoms with van der Waals surface area (Å²) in [7, 11) is 0. The molecule has 1 aromatic rings. The number of halogens is 2. The molecule has 7 heteroatoms. The van der Waals surface area contributed by atoms with Crippen LogP contribution in [0, 0.1) is 5.82 Å². The van der Waals surface area contributed by atoms with E-state index in [1.807, 2.05) is 0 Å². The molecule has 5 nitrogen and oxygen atoms in total. The van der Waals surface area contributed by atoms with Crippen LogP contribution in [0.1, 0.15) is 13.3 Å². The van der Waals surface area contributed by atoms with E-state index in [1.54, 1.807) is 0 Å². The first-order chi connectivity index (χ1) is 9.40. The minimum Gasteiger partial charge on any atom is -0.384 e. The van der Waals surface area contributed by atoms with Crippen LogP contribution in [0.25, 0.3) is 0 Å². The van der Waals surface area contributed by atoms with Gasteiger partial charge in [0.2, 0.25) is 11.8 Å². The zero-order valence-corrected chi connectivity index (χ0v) is 11.5. The molecule has 0 radical (unpaired) electrons. The van der Waals surface area contributed by atoms with E-state index in [0.29, 0.717) is 18.7 Å². The van der Waals surface area contributed by atoms with Crippen LogP contribution in [0.5, 0.6) is 0 Å². The van der Waals surface area contributed by atoms with Crippen molar-refractivity contribution >= 4 is 29.1 Å². The molecule has 2 N–H and O–H groups in total. The number of hydrogen-bond donors (Lipinski definition) is 2. The van der Waals surface area contributed by atoms with Gasteiger partial charge >= 0.3 is 0 Å². The van der Waals surface area contributed by atoms with Crippen LogP contribution in [0.4, 0.5) is 10.1 Å². The quantitative estimate of drug-likeness (QED) is 0.877. The largest absolute Gasteiger partial charge is 0.384 e. The third-order valence-corrected chi connectivity index (χ3v) is 3.41. The monoisotopic (exact) mass is 300 g/mol. The molecule has 0 spiro atoms. The lowest BCUT2D eigenvalue weighted by Gasteiger charge is -2.18. The average Bonchev–Trinajstić information content (AvgIpc) is 2.74. The maximum Gasteiger partial charge on any atom is 0.249 e. The number of benzene rings is 1. The van der Waals surface area contributed by atoms with E-state index in [1.165, 1.54) is 30.0 Å². The molecule has 20 heavy (non-hydrogen) atoms. The fraction of sp³-hybridized carbons (Fsp3) is 0.385. The molecule has 1 heterocycles. The Labute approximate surface area is 120 Å². The van der Waals surface area contributed by atoms with Gasteiger partial charge in [-0.3, -0.25) is 9.59 Å². The molecule has 1 aliphatic heterocycles. The molecule has 2 unspecified atom stereocenters. The fourth-order valence-electron chi connectivity index (χ4n) is 2.02. The number of anilines is 1. The second-order valence-electron chi connectivity index (χ2n) is 4.61. The molecule has 1 aromatic carbocycles. The van der Waals surface area contributed by atoms with Gasteiger partial charge < -0.3 is 15.3 Å². The van der Waals surface area contributed by atoms with Crippen molar-refractivity contribution in [3.8, 4) is 0 Å². The van der Waals surface area contributed by atoms with Gasteiger partial charge in [-0.2, -0.15) is 0 Å². The van der Waals surface area contributed by atoms with Crippen LogP contribution < -0.4 is 10.2 Å². The van der Waals surface area contributed by atoms with E-state index >= 15 is 0 Å². The number of nitrogens with zero attached hydrogens (tertiary/aromatic N) is 1. The van der Waals surface area contributed by atoms with Crippen molar-refractivity contribution in [2.24, 2.45) is 0 Å². The third-order valence-electron chi connectivity index (χ3n) is 3.12. The maximum atomic E-state index is 13.1. The first-order valence-electron chi connectivity index (χ1n) is 6.15. The molecule has 2 atom stereocenters. The number of carbonyl (C=O) groups is 2. The van der Waals surface area contributed by atoms with E-state index in [0.717, 1.165) is 0 Å². The van der Waals surface area contributed by atoms with Gasteiger partial charge in [-0.15, -0.1) is 0 Å². The van der Waals surface area contributed by atoms with E-state index in [2.05, 4.69) is 5.32 Å². The SMILES string of the molecule is CC(O)C(=O)NC1CCN(c2ccc(F)c(Cl)c2)C1=O. The highest BCUT2D eigenvalue weighted by molar-refractivity contribution is 6.31. The van der Waals surface area contributed by atoms with Gasteiger partial charge in [0.1, 0.15) is 18.0 Å². The number of rotatable bonds is 3. The van der Waals surface area contributed by atoms with Crippen molar-refractivity contribution < 1.29 is 19.1 Å². The Morgan fingerprint density at radius 1 is 1.60 bits per heavy atom. The molecule has 0 aromatic heterocycles. The predicted molar refractivity (Wildman–Crippen MR) is 72.0 cm³/mol. The summed E-state index contributed by atoms with van der Waals surface area (Å²) in [4.78, 5) is 25.0. The van der Waals surface area contributed by atoms with Crippen LogP contribution >= 0.6 is 11.6 Å². The van der Waals surface area contributed by atoms with Crippen LogP contribution in [-0.2, 0) is 9.59 Å². The van der Waals surface area contributed by atoms with Gasteiger partial charge in [-0.05, 0) is 31.5 Å².